The van der Waals surface area contributed by atoms with Gasteiger partial charge in [0.2, 0.25) is 0 Å². The molecule has 2 heterocycles. The van der Waals surface area contributed by atoms with Crippen molar-refractivity contribution in [2.24, 2.45) is 0 Å². The number of carbonyl (C=O) groups is 2. The number of amidine groups is 1. The topological polar surface area (TPSA) is 122 Å². The number of aliphatic carboxylic acids is 1. The molecule has 1 unspecified atom stereocenters. The van der Waals surface area contributed by atoms with Crippen molar-refractivity contribution >= 4 is 23.3 Å². The van der Waals surface area contributed by atoms with Crippen LogP contribution in [0.2, 0.25) is 0 Å². The predicted octanol–water partition coefficient (Wildman–Crippen LogP) is 5.02. The van der Waals surface area contributed by atoms with Crippen LogP contribution >= 0.6 is 0 Å². The maximum Gasteiger partial charge on any atom is 0.341 e. The number of nitrogens with zero attached hydrogens (tertiary/aromatic N) is 2. The van der Waals surface area contributed by atoms with Crippen LogP contribution in [0.5, 0.6) is 17.2 Å². The van der Waals surface area contributed by atoms with E-state index in [9.17, 15) is 14.7 Å². The Morgan fingerprint density at radius 3 is 2.40 bits per heavy atom. The second-order valence-corrected chi connectivity index (χ2v) is 11.7. The molecule has 234 valence electrons. The van der Waals surface area contributed by atoms with E-state index in [1.807, 2.05) is 27.7 Å². The summed E-state index contributed by atoms with van der Waals surface area (Å²) in [7, 11) is 0. The summed E-state index contributed by atoms with van der Waals surface area (Å²) in [5.74, 6) is -1.45. The van der Waals surface area contributed by atoms with Crippen molar-refractivity contribution in [1.29, 1.82) is 5.41 Å². The van der Waals surface area contributed by atoms with Gasteiger partial charge in [0, 0.05) is 37.4 Å². The number of benzene rings is 2. The standard InChI is InChI=1S/C32H42FN3O7/c1-7-40-21-10-11-35(16-21)23-13-19(12-22(32(4,5)6)29(23)43-18-26(38)39)24(37)17-36-15-20-14-25(41-8-2)30(42-9-3)28(33)27(20)31(36)34/h12-14,21,34H,7-11,15-18H2,1-6H3,(H,38,39). The Bertz CT molecular complexity index is 1390. The van der Waals surface area contributed by atoms with Crippen LogP contribution in [0.25, 0.3) is 0 Å². The number of hydrogen-bond acceptors (Lipinski definition) is 8. The third kappa shape index (κ3) is 6.87. The molecule has 1 saturated heterocycles. The highest BCUT2D eigenvalue weighted by atomic mass is 19.1. The zero-order chi connectivity index (χ0) is 31.5. The Balaban J connectivity index is 1.69. The smallest absolute Gasteiger partial charge is 0.341 e. The van der Waals surface area contributed by atoms with Gasteiger partial charge in [-0.05, 0) is 56.4 Å². The number of anilines is 1. The van der Waals surface area contributed by atoms with Crippen molar-refractivity contribution in [2.75, 3.05) is 51.0 Å². The third-order valence-corrected chi connectivity index (χ3v) is 7.53. The Hall–Kier alpha value is -3.86. The lowest BCUT2D eigenvalue weighted by atomic mass is 9.84. The number of Topliss-reactive ketones (excluding diaryl/α,β-unsaturated/α-hetero) is 1. The molecular weight excluding hydrogens is 557 g/mol. The average molecular weight is 600 g/mol. The Labute approximate surface area is 252 Å². The van der Waals surface area contributed by atoms with Crippen molar-refractivity contribution < 1.29 is 38.0 Å². The summed E-state index contributed by atoms with van der Waals surface area (Å²) in [5.41, 5.74) is 1.90. The fourth-order valence-corrected chi connectivity index (χ4v) is 5.59. The lowest BCUT2D eigenvalue weighted by Gasteiger charge is -2.29. The first-order valence-corrected chi connectivity index (χ1v) is 14.8. The molecule has 0 saturated carbocycles. The zero-order valence-corrected chi connectivity index (χ0v) is 25.8. The first-order chi connectivity index (χ1) is 20.4. The lowest BCUT2D eigenvalue weighted by molar-refractivity contribution is -0.139. The number of ether oxygens (including phenoxy) is 4. The van der Waals surface area contributed by atoms with Gasteiger partial charge >= 0.3 is 5.97 Å². The molecule has 0 bridgehead atoms. The van der Waals surface area contributed by atoms with Gasteiger partial charge in [-0.3, -0.25) is 10.2 Å². The maximum atomic E-state index is 15.6. The first-order valence-electron chi connectivity index (χ1n) is 14.8. The van der Waals surface area contributed by atoms with E-state index < -0.39 is 23.8 Å². The third-order valence-electron chi connectivity index (χ3n) is 7.53. The number of hydrogen-bond donors (Lipinski definition) is 2. The Kier molecular flexibility index (Phi) is 9.84. The van der Waals surface area contributed by atoms with Crippen LogP contribution in [-0.2, 0) is 21.5 Å². The van der Waals surface area contributed by atoms with Crippen molar-refractivity contribution in [3.63, 3.8) is 0 Å². The number of carbonyl (C=O) groups excluding carboxylic acids is 1. The van der Waals surface area contributed by atoms with Crippen molar-refractivity contribution in [3.8, 4) is 17.2 Å². The number of halogens is 1. The normalized spacial score (nSPS) is 16.4. The van der Waals surface area contributed by atoms with E-state index in [2.05, 4.69) is 4.90 Å². The highest BCUT2D eigenvalue weighted by Crippen LogP contribution is 2.43. The van der Waals surface area contributed by atoms with Gasteiger partial charge in [0.25, 0.3) is 0 Å². The highest BCUT2D eigenvalue weighted by molar-refractivity contribution is 6.06. The maximum absolute atomic E-state index is 15.6. The summed E-state index contributed by atoms with van der Waals surface area (Å²) in [5, 5.41) is 18.1. The summed E-state index contributed by atoms with van der Waals surface area (Å²) in [6, 6.07) is 5.16. The minimum absolute atomic E-state index is 0.0106. The number of rotatable bonds is 13. The molecule has 43 heavy (non-hydrogen) atoms. The quantitative estimate of drug-likeness (QED) is 0.306. The second-order valence-electron chi connectivity index (χ2n) is 11.7. The van der Waals surface area contributed by atoms with E-state index in [0.717, 1.165) is 6.42 Å². The molecule has 0 amide bonds. The van der Waals surface area contributed by atoms with E-state index in [4.69, 9.17) is 24.4 Å². The van der Waals surface area contributed by atoms with E-state index in [1.54, 1.807) is 32.0 Å². The molecule has 0 aromatic heterocycles. The molecule has 10 nitrogen and oxygen atoms in total. The SMILES string of the molecule is CCOc1cc2c(c(F)c1OCC)C(=N)N(CC(=O)c1cc(N3CCC(OCC)C3)c(OCC(=O)O)c(C(C)(C)C)c1)C2. The summed E-state index contributed by atoms with van der Waals surface area (Å²) in [6.45, 7) is 13.3. The number of carboxylic acids is 1. The summed E-state index contributed by atoms with van der Waals surface area (Å²) in [6.07, 6.45) is 0.800. The average Bonchev–Trinajstić information content (AvgIpc) is 3.53. The summed E-state index contributed by atoms with van der Waals surface area (Å²) in [4.78, 5) is 28.9. The minimum atomic E-state index is -1.10. The Morgan fingerprint density at radius 2 is 1.77 bits per heavy atom. The van der Waals surface area contributed by atoms with Gasteiger partial charge in [0.1, 0.15) is 11.6 Å². The Morgan fingerprint density at radius 1 is 1.05 bits per heavy atom. The molecule has 2 aliphatic rings. The summed E-state index contributed by atoms with van der Waals surface area (Å²) < 4.78 is 38.4. The van der Waals surface area contributed by atoms with Gasteiger partial charge in [-0.15, -0.1) is 0 Å². The van der Waals surface area contributed by atoms with E-state index >= 15 is 4.39 Å². The largest absolute Gasteiger partial charge is 0.490 e. The molecule has 11 heteroatoms. The van der Waals surface area contributed by atoms with Crippen LogP contribution in [0.3, 0.4) is 0 Å². The lowest BCUT2D eigenvalue weighted by Crippen LogP contribution is -2.31. The van der Waals surface area contributed by atoms with Crippen LogP contribution in [0.15, 0.2) is 18.2 Å². The van der Waals surface area contributed by atoms with Gasteiger partial charge in [0.15, 0.2) is 29.7 Å². The molecule has 0 aliphatic carbocycles. The van der Waals surface area contributed by atoms with Crippen molar-refractivity contribution in [3.05, 3.63) is 46.3 Å². The van der Waals surface area contributed by atoms with Crippen molar-refractivity contribution in [1.82, 2.24) is 4.90 Å². The highest BCUT2D eigenvalue weighted by Gasteiger charge is 2.35. The van der Waals surface area contributed by atoms with E-state index in [0.29, 0.717) is 54.4 Å². The van der Waals surface area contributed by atoms with Crippen LogP contribution in [-0.4, -0.2) is 79.8 Å². The number of nitrogens with one attached hydrogen (secondary N) is 1. The number of carboxylic acid groups (broad SMARTS) is 1. The number of fused-ring (bicyclic) bond motifs is 1. The molecule has 2 aliphatic heterocycles. The van der Waals surface area contributed by atoms with Gasteiger partial charge in [-0.25, -0.2) is 9.18 Å². The minimum Gasteiger partial charge on any atom is -0.490 e. The van der Waals surface area contributed by atoms with E-state index in [-0.39, 0.29) is 54.5 Å². The molecule has 0 spiro atoms. The van der Waals surface area contributed by atoms with Crippen LogP contribution in [0.4, 0.5) is 10.1 Å². The number of ketones is 1. The van der Waals surface area contributed by atoms with Gasteiger partial charge in [-0.2, -0.15) is 0 Å². The molecule has 0 radical (unpaired) electrons. The van der Waals surface area contributed by atoms with Gasteiger partial charge in [0.05, 0.1) is 37.1 Å². The second kappa shape index (κ2) is 13.2. The summed E-state index contributed by atoms with van der Waals surface area (Å²) >= 11 is 0. The molecule has 4 rings (SSSR count). The van der Waals surface area contributed by atoms with Gasteiger partial charge < -0.3 is 33.9 Å². The first kappa shape index (κ1) is 32.1. The van der Waals surface area contributed by atoms with E-state index in [1.165, 1.54) is 4.90 Å². The molecule has 2 N–H and O–H groups in total. The fourth-order valence-electron chi connectivity index (χ4n) is 5.59. The zero-order valence-electron chi connectivity index (χ0n) is 25.8. The monoisotopic (exact) mass is 599 g/mol. The molecule has 2 aromatic rings. The molecule has 2 aromatic carbocycles. The van der Waals surface area contributed by atoms with Crippen LogP contribution in [0, 0.1) is 11.2 Å². The molecule has 1 fully saturated rings. The predicted molar refractivity (Wildman–Crippen MR) is 161 cm³/mol. The fraction of sp³-hybridized carbons (Fsp3) is 0.531. The van der Waals surface area contributed by atoms with Gasteiger partial charge in [-0.1, -0.05) is 20.8 Å². The van der Waals surface area contributed by atoms with Crippen LogP contribution < -0.4 is 19.1 Å². The molecule has 1 atom stereocenters. The van der Waals surface area contributed by atoms with Crippen molar-refractivity contribution in [2.45, 2.75) is 66.0 Å². The van der Waals surface area contributed by atoms with Crippen LogP contribution in [0.1, 0.15) is 75.0 Å². The molecular formula is C32H42FN3O7.